The van der Waals surface area contributed by atoms with Crippen molar-refractivity contribution in [3.63, 3.8) is 0 Å². The normalized spacial score (nSPS) is 14.4. The zero-order valence-electron chi connectivity index (χ0n) is 11.7. The second-order valence-electron chi connectivity index (χ2n) is 5.35. The molecule has 0 saturated carbocycles. The van der Waals surface area contributed by atoms with Crippen LogP contribution >= 0.6 is 15.9 Å². The van der Waals surface area contributed by atoms with Crippen molar-refractivity contribution in [2.45, 2.75) is 33.2 Å². The first-order valence-electron chi connectivity index (χ1n) is 6.33. The van der Waals surface area contributed by atoms with E-state index in [2.05, 4.69) is 45.5 Å². The smallest absolute Gasteiger partial charge is 0.144 e. The van der Waals surface area contributed by atoms with Gasteiger partial charge in [0.1, 0.15) is 5.84 Å². The highest BCUT2D eigenvalue weighted by Gasteiger charge is 2.23. The maximum atomic E-state index is 8.72. The molecule has 19 heavy (non-hydrogen) atoms. The van der Waals surface area contributed by atoms with E-state index in [1.165, 1.54) is 5.56 Å². The Morgan fingerprint density at radius 3 is 2.79 bits per heavy atom. The summed E-state index contributed by atoms with van der Waals surface area (Å²) in [5, 5.41) is 15.3. The fraction of sp³-hybridized carbons (Fsp3) is 0.500. The minimum Gasteiger partial charge on any atom is -0.409 e. The molecule has 0 bridgehead atoms. The van der Waals surface area contributed by atoms with Gasteiger partial charge in [-0.15, -0.1) is 0 Å². The average Bonchev–Trinajstić information content (AvgIpc) is 2.37. The lowest BCUT2D eigenvalue weighted by Crippen LogP contribution is -2.35. The van der Waals surface area contributed by atoms with Gasteiger partial charge in [0.2, 0.25) is 0 Å². The Morgan fingerprint density at radius 2 is 2.21 bits per heavy atom. The Bertz CT molecular complexity index is 446. The number of hydrogen-bond donors (Lipinski definition) is 3. The number of amidine groups is 1. The molecule has 1 aromatic rings. The molecule has 1 atom stereocenters. The summed E-state index contributed by atoms with van der Waals surface area (Å²) in [4.78, 5) is 0. The number of benzene rings is 1. The molecule has 1 aromatic carbocycles. The Labute approximate surface area is 123 Å². The van der Waals surface area contributed by atoms with E-state index in [4.69, 9.17) is 10.9 Å². The van der Waals surface area contributed by atoms with Crippen LogP contribution in [0.1, 0.15) is 38.8 Å². The van der Waals surface area contributed by atoms with E-state index in [-0.39, 0.29) is 17.3 Å². The van der Waals surface area contributed by atoms with Crippen molar-refractivity contribution >= 4 is 21.8 Å². The van der Waals surface area contributed by atoms with Gasteiger partial charge in [-0.05, 0) is 37.6 Å². The number of nitrogens with one attached hydrogen (secondary N) is 1. The van der Waals surface area contributed by atoms with Crippen LogP contribution in [-0.2, 0) is 0 Å². The number of nitrogens with two attached hydrogens (primary N) is 1. The predicted octanol–water partition coefficient (Wildman–Crippen LogP) is 3.26. The molecule has 0 aliphatic heterocycles. The third-order valence-electron chi connectivity index (χ3n) is 3.35. The molecule has 106 valence electrons. The minimum atomic E-state index is -0.307. The lowest BCUT2D eigenvalue weighted by molar-refractivity contribution is 0.304. The second-order valence-corrected chi connectivity index (χ2v) is 6.27. The first kappa shape index (κ1) is 16.0. The summed E-state index contributed by atoms with van der Waals surface area (Å²) in [6, 6.07) is 8.50. The van der Waals surface area contributed by atoms with Crippen molar-refractivity contribution in [1.29, 1.82) is 0 Å². The summed E-state index contributed by atoms with van der Waals surface area (Å²) in [5.74, 6) is 0.268. The van der Waals surface area contributed by atoms with Crippen molar-refractivity contribution in [2.75, 3.05) is 6.54 Å². The maximum Gasteiger partial charge on any atom is 0.144 e. The lowest BCUT2D eigenvalue weighted by atomic mass is 9.88. The van der Waals surface area contributed by atoms with E-state index in [1.54, 1.807) is 0 Å². The zero-order chi connectivity index (χ0) is 14.5. The van der Waals surface area contributed by atoms with E-state index in [1.807, 2.05) is 26.0 Å². The first-order valence-corrected chi connectivity index (χ1v) is 7.13. The molecule has 4 N–H and O–H groups in total. The van der Waals surface area contributed by atoms with Gasteiger partial charge < -0.3 is 16.3 Å². The van der Waals surface area contributed by atoms with Crippen molar-refractivity contribution in [2.24, 2.45) is 16.3 Å². The average molecular weight is 328 g/mol. The highest BCUT2D eigenvalue weighted by molar-refractivity contribution is 9.10. The van der Waals surface area contributed by atoms with Crippen LogP contribution in [0.5, 0.6) is 0 Å². The van der Waals surface area contributed by atoms with Crippen LogP contribution in [0, 0.1) is 5.41 Å². The van der Waals surface area contributed by atoms with E-state index in [0.29, 0.717) is 0 Å². The fourth-order valence-corrected chi connectivity index (χ4v) is 2.18. The molecule has 5 heteroatoms. The maximum absolute atomic E-state index is 8.72. The van der Waals surface area contributed by atoms with Crippen molar-refractivity contribution < 1.29 is 5.21 Å². The molecule has 0 heterocycles. The molecular weight excluding hydrogens is 306 g/mol. The van der Waals surface area contributed by atoms with Crippen molar-refractivity contribution in [3.8, 4) is 0 Å². The number of nitrogens with zero attached hydrogens (tertiary/aromatic N) is 1. The molecular formula is C14H22BrN3O. The topological polar surface area (TPSA) is 70.6 Å². The molecule has 0 unspecified atom stereocenters. The zero-order valence-corrected chi connectivity index (χ0v) is 13.2. The van der Waals surface area contributed by atoms with Crippen molar-refractivity contribution in [3.05, 3.63) is 34.3 Å². The Kier molecular flexibility index (Phi) is 5.82. The molecule has 0 aliphatic rings. The molecule has 0 aromatic heterocycles. The standard InChI is InChI=1S/C14H22BrN3O/c1-10(11-5-4-6-12(15)9-11)17-8-7-14(2,3)13(16)18-19/h4-6,9-10,17,19H,7-8H2,1-3H3,(H2,16,18)/t10-/m1/s1. The van der Waals surface area contributed by atoms with Gasteiger partial charge in [0.15, 0.2) is 0 Å². The third-order valence-corrected chi connectivity index (χ3v) is 3.84. The van der Waals surface area contributed by atoms with Crippen LogP contribution in [0.2, 0.25) is 0 Å². The van der Waals surface area contributed by atoms with Gasteiger partial charge in [-0.2, -0.15) is 0 Å². The number of halogens is 1. The highest BCUT2D eigenvalue weighted by atomic mass is 79.9. The van der Waals surface area contributed by atoms with Gasteiger partial charge in [-0.1, -0.05) is 47.1 Å². The summed E-state index contributed by atoms with van der Waals surface area (Å²) in [7, 11) is 0. The fourth-order valence-electron chi connectivity index (χ4n) is 1.76. The number of rotatable bonds is 6. The third kappa shape index (κ3) is 4.84. The van der Waals surface area contributed by atoms with Gasteiger partial charge >= 0.3 is 0 Å². The molecule has 0 fully saturated rings. The SMILES string of the molecule is C[C@@H](NCCC(C)(C)/C(N)=N/O)c1cccc(Br)c1. The van der Waals surface area contributed by atoms with Gasteiger partial charge in [0.05, 0.1) is 0 Å². The largest absolute Gasteiger partial charge is 0.409 e. The summed E-state index contributed by atoms with van der Waals surface area (Å²) in [6.07, 6.45) is 0.807. The van der Waals surface area contributed by atoms with Crippen LogP contribution in [0.25, 0.3) is 0 Å². The molecule has 0 spiro atoms. The number of oxime groups is 1. The molecule has 0 amide bonds. The quantitative estimate of drug-likeness (QED) is 0.325. The molecule has 0 saturated heterocycles. The van der Waals surface area contributed by atoms with Crippen LogP contribution in [0.15, 0.2) is 33.9 Å². The van der Waals surface area contributed by atoms with Crippen LogP contribution in [0.3, 0.4) is 0 Å². The van der Waals surface area contributed by atoms with E-state index in [0.717, 1.165) is 17.4 Å². The summed E-state index contributed by atoms with van der Waals surface area (Å²) < 4.78 is 1.08. The summed E-state index contributed by atoms with van der Waals surface area (Å²) >= 11 is 3.47. The number of hydrogen-bond acceptors (Lipinski definition) is 3. The van der Waals surface area contributed by atoms with Gasteiger partial charge in [0.25, 0.3) is 0 Å². The van der Waals surface area contributed by atoms with Crippen LogP contribution in [0.4, 0.5) is 0 Å². The van der Waals surface area contributed by atoms with Crippen LogP contribution in [-0.4, -0.2) is 17.6 Å². The Balaban J connectivity index is 2.50. The monoisotopic (exact) mass is 327 g/mol. The molecule has 0 radical (unpaired) electrons. The van der Waals surface area contributed by atoms with Gasteiger partial charge in [0, 0.05) is 15.9 Å². The van der Waals surface area contributed by atoms with E-state index in [9.17, 15) is 0 Å². The minimum absolute atomic E-state index is 0.264. The second kappa shape index (κ2) is 6.91. The molecule has 1 rings (SSSR count). The van der Waals surface area contributed by atoms with Gasteiger partial charge in [-0.25, -0.2) is 0 Å². The van der Waals surface area contributed by atoms with E-state index < -0.39 is 0 Å². The van der Waals surface area contributed by atoms with E-state index >= 15 is 0 Å². The van der Waals surface area contributed by atoms with Crippen LogP contribution < -0.4 is 11.1 Å². The summed E-state index contributed by atoms with van der Waals surface area (Å²) in [6.45, 7) is 6.86. The lowest BCUT2D eigenvalue weighted by Gasteiger charge is -2.24. The highest BCUT2D eigenvalue weighted by Crippen LogP contribution is 2.21. The Morgan fingerprint density at radius 1 is 1.53 bits per heavy atom. The van der Waals surface area contributed by atoms with Crippen molar-refractivity contribution in [1.82, 2.24) is 5.32 Å². The predicted molar refractivity (Wildman–Crippen MR) is 82.4 cm³/mol. The molecule has 4 nitrogen and oxygen atoms in total. The Hall–Kier alpha value is -1.07. The molecule has 0 aliphatic carbocycles. The summed E-state index contributed by atoms with van der Waals surface area (Å²) in [5.41, 5.74) is 6.59. The van der Waals surface area contributed by atoms with Gasteiger partial charge in [-0.3, -0.25) is 0 Å². The first-order chi connectivity index (χ1) is 8.86.